The van der Waals surface area contributed by atoms with Crippen LogP contribution in [0.3, 0.4) is 0 Å². The number of anilines is 1. The predicted molar refractivity (Wildman–Crippen MR) is 62.8 cm³/mol. The van der Waals surface area contributed by atoms with E-state index in [9.17, 15) is 9.59 Å². The molecule has 0 spiro atoms. The topological polar surface area (TPSA) is 78.4 Å². The summed E-state index contributed by atoms with van der Waals surface area (Å²) in [6, 6.07) is 0.433. The van der Waals surface area contributed by atoms with E-state index in [-0.39, 0.29) is 0 Å². The molecule has 5 nitrogen and oxygen atoms in total. The van der Waals surface area contributed by atoms with Crippen molar-refractivity contribution >= 4 is 29.0 Å². The normalized spacial score (nSPS) is 11.8. The summed E-state index contributed by atoms with van der Waals surface area (Å²) in [5, 5.41) is 17.4. The van der Waals surface area contributed by atoms with Crippen molar-refractivity contribution in [3.05, 3.63) is 16.8 Å². The number of nitrogens with one attached hydrogen (secondary N) is 2. The first-order valence-electron chi connectivity index (χ1n) is 4.96. The molecule has 3 N–H and O–H groups in total. The highest BCUT2D eigenvalue weighted by atomic mass is 32.1. The number of urea groups is 1. The van der Waals surface area contributed by atoms with Gasteiger partial charge in [-0.05, 0) is 17.9 Å². The zero-order chi connectivity index (χ0) is 12.0. The summed E-state index contributed by atoms with van der Waals surface area (Å²) >= 11 is 1.46. The van der Waals surface area contributed by atoms with E-state index >= 15 is 0 Å². The fourth-order valence-corrected chi connectivity index (χ4v) is 1.79. The lowest BCUT2D eigenvalue weighted by Gasteiger charge is -2.13. The van der Waals surface area contributed by atoms with E-state index in [1.54, 1.807) is 11.4 Å². The molecule has 0 saturated carbocycles. The van der Waals surface area contributed by atoms with E-state index in [4.69, 9.17) is 5.11 Å². The lowest BCUT2D eigenvalue weighted by molar-refractivity contribution is -0.139. The van der Waals surface area contributed by atoms with Gasteiger partial charge in [0.25, 0.3) is 0 Å². The Morgan fingerprint density at radius 3 is 2.81 bits per heavy atom. The van der Waals surface area contributed by atoms with Gasteiger partial charge in [0.1, 0.15) is 6.04 Å². The number of thiophene rings is 1. The molecule has 1 atom stereocenters. The molecule has 0 aliphatic rings. The molecule has 88 valence electrons. The van der Waals surface area contributed by atoms with Crippen molar-refractivity contribution in [3.8, 4) is 0 Å². The minimum absolute atomic E-state index is 0.423. The van der Waals surface area contributed by atoms with E-state index in [2.05, 4.69) is 10.6 Å². The number of carbonyl (C=O) groups is 2. The Kier molecular flexibility index (Phi) is 4.78. The Hall–Kier alpha value is -1.56. The predicted octanol–water partition coefficient (Wildman–Crippen LogP) is 2.12. The van der Waals surface area contributed by atoms with Gasteiger partial charge in [-0.1, -0.05) is 13.3 Å². The highest BCUT2D eigenvalue weighted by molar-refractivity contribution is 7.08. The smallest absolute Gasteiger partial charge is 0.326 e. The molecule has 0 bridgehead atoms. The lowest BCUT2D eigenvalue weighted by atomic mass is 10.2. The van der Waals surface area contributed by atoms with Gasteiger partial charge in [0.15, 0.2) is 0 Å². The van der Waals surface area contributed by atoms with Gasteiger partial charge in [0, 0.05) is 5.38 Å². The van der Waals surface area contributed by atoms with Crippen LogP contribution in [-0.2, 0) is 4.79 Å². The molecule has 1 aromatic heterocycles. The maximum atomic E-state index is 11.4. The Labute approximate surface area is 97.5 Å². The second-order valence-electron chi connectivity index (χ2n) is 3.29. The van der Waals surface area contributed by atoms with Crippen molar-refractivity contribution < 1.29 is 14.7 Å². The summed E-state index contributed by atoms with van der Waals surface area (Å²) in [7, 11) is 0. The van der Waals surface area contributed by atoms with Crippen molar-refractivity contribution in [2.24, 2.45) is 0 Å². The van der Waals surface area contributed by atoms with Gasteiger partial charge in [-0.15, -0.1) is 0 Å². The third kappa shape index (κ3) is 3.90. The molecule has 1 heterocycles. The number of rotatable bonds is 5. The molecule has 1 rings (SSSR count). The van der Waals surface area contributed by atoms with Crippen LogP contribution in [0.2, 0.25) is 0 Å². The minimum atomic E-state index is -1.01. The Morgan fingerprint density at radius 2 is 2.31 bits per heavy atom. The standard InChI is InChI=1S/C10H14N2O3S/c1-2-3-8(9(13)14)12-10(15)11-7-4-5-16-6-7/h4-6,8H,2-3H2,1H3,(H,13,14)(H2,11,12,15). The third-order valence-corrected chi connectivity index (χ3v) is 2.64. The maximum Gasteiger partial charge on any atom is 0.326 e. The Bertz CT molecular complexity index is 351. The van der Waals surface area contributed by atoms with Crippen LogP contribution in [0.5, 0.6) is 0 Å². The van der Waals surface area contributed by atoms with Gasteiger partial charge < -0.3 is 15.7 Å². The lowest BCUT2D eigenvalue weighted by Crippen LogP contribution is -2.42. The van der Waals surface area contributed by atoms with Crippen LogP contribution in [0.1, 0.15) is 19.8 Å². The van der Waals surface area contributed by atoms with E-state index in [1.807, 2.05) is 12.3 Å². The van der Waals surface area contributed by atoms with E-state index < -0.39 is 18.0 Å². The van der Waals surface area contributed by atoms with Crippen LogP contribution in [0.15, 0.2) is 16.8 Å². The van der Waals surface area contributed by atoms with E-state index in [0.29, 0.717) is 18.5 Å². The van der Waals surface area contributed by atoms with Crippen LogP contribution >= 0.6 is 11.3 Å². The second kappa shape index (κ2) is 6.12. The first kappa shape index (κ1) is 12.5. The van der Waals surface area contributed by atoms with Gasteiger partial charge in [0.2, 0.25) is 0 Å². The molecule has 16 heavy (non-hydrogen) atoms. The molecule has 0 fully saturated rings. The maximum absolute atomic E-state index is 11.4. The van der Waals surface area contributed by atoms with E-state index in [0.717, 1.165) is 0 Å². The number of carboxylic acids is 1. The second-order valence-corrected chi connectivity index (χ2v) is 4.07. The molecule has 2 amide bonds. The Morgan fingerprint density at radius 1 is 1.56 bits per heavy atom. The molecule has 1 unspecified atom stereocenters. The molecule has 0 radical (unpaired) electrons. The number of hydrogen-bond acceptors (Lipinski definition) is 3. The van der Waals surface area contributed by atoms with E-state index in [1.165, 1.54) is 11.3 Å². The molecule has 1 aromatic rings. The molecule has 6 heteroatoms. The van der Waals surface area contributed by atoms with Crippen LogP contribution in [0.25, 0.3) is 0 Å². The van der Waals surface area contributed by atoms with Crippen molar-refractivity contribution in [2.75, 3.05) is 5.32 Å². The van der Waals surface area contributed by atoms with Gasteiger partial charge in [0.05, 0.1) is 5.69 Å². The minimum Gasteiger partial charge on any atom is -0.480 e. The summed E-state index contributed by atoms with van der Waals surface area (Å²) in [6.45, 7) is 1.87. The van der Waals surface area contributed by atoms with Gasteiger partial charge in [-0.3, -0.25) is 0 Å². The number of carbonyl (C=O) groups excluding carboxylic acids is 1. The summed E-state index contributed by atoms with van der Waals surface area (Å²) in [5.74, 6) is -1.01. The van der Waals surface area contributed by atoms with Crippen LogP contribution < -0.4 is 10.6 Å². The average Bonchev–Trinajstić information content (AvgIpc) is 2.69. The van der Waals surface area contributed by atoms with Crippen molar-refractivity contribution in [1.29, 1.82) is 0 Å². The van der Waals surface area contributed by atoms with Crippen LogP contribution in [0, 0.1) is 0 Å². The van der Waals surface area contributed by atoms with Crippen LogP contribution in [-0.4, -0.2) is 23.1 Å². The molecule has 0 saturated heterocycles. The number of amides is 2. The highest BCUT2D eigenvalue weighted by Gasteiger charge is 2.18. The Balaban J connectivity index is 2.45. The largest absolute Gasteiger partial charge is 0.480 e. The molecule has 0 aromatic carbocycles. The molecule has 0 aliphatic heterocycles. The zero-order valence-corrected chi connectivity index (χ0v) is 9.71. The molecular formula is C10H14N2O3S. The monoisotopic (exact) mass is 242 g/mol. The summed E-state index contributed by atoms with van der Waals surface area (Å²) < 4.78 is 0. The number of carboxylic acid groups (broad SMARTS) is 1. The SMILES string of the molecule is CCCC(NC(=O)Nc1ccsc1)C(=O)O. The molecular weight excluding hydrogens is 228 g/mol. The van der Waals surface area contributed by atoms with Gasteiger partial charge >= 0.3 is 12.0 Å². The summed E-state index contributed by atoms with van der Waals surface area (Å²) in [4.78, 5) is 22.2. The van der Waals surface area contributed by atoms with Gasteiger partial charge in [-0.25, -0.2) is 9.59 Å². The van der Waals surface area contributed by atoms with Gasteiger partial charge in [-0.2, -0.15) is 11.3 Å². The highest BCUT2D eigenvalue weighted by Crippen LogP contribution is 2.11. The fraction of sp³-hybridized carbons (Fsp3) is 0.400. The number of aliphatic carboxylic acids is 1. The average molecular weight is 242 g/mol. The zero-order valence-electron chi connectivity index (χ0n) is 8.90. The molecule has 0 aliphatic carbocycles. The quantitative estimate of drug-likeness (QED) is 0.740. The number of hydrogen-bond donors (Lipinski definition) is 3. The first-order chi connectivity index (χ1) is 7.63. The van der Waals surface area contributed by atoms with Crippen molar-refractivity contribution in [1.82, 2.24) is 5.32 Å². The first-order valence-corrected chi connectivity index (χ1v) is 5.90. The third-order valence-electron chi connectivity index (χ3n) is 1.96. The van der Waals surface area contributed by atoms with Crippen LogP contribution in [0.4, 0.5) is 10.5 Å². The fourth-order valence-electron chi connectivity index (χ4n) is 1.21. The van der Waals surface area contributed by atoms with Crippen molar-refractivity contribution in [3.63, 3.8) is 0 Å². The summed E-state index contributed by atoms with van der Waals surface area (Å²) in [6.07, 6.45) is 1.13. The van der Waals surface area contributed by atoms with Crippen molar-refractivity contribution in [2.45, 2.75) is 25.8 Å². The summed E-state index contributed by atoms with van der Waals surface area (Å²) in [5.41, 5.74) is 0.670.